The van der Waals surface area contributed by atoms with Crippen molar-refractivity contribution in [3.63, 3.8) is 0 Å². The van der Waals surface area contributed by atoms with Gasteiger partial charge in [0.1, 0.15) is 11.6 Å². The largest absolute Gasteiger partial charge is 0.325 e. The molecule has 18 heavy (non-hydrogen) atoms. The fourth-order valence-corrected chi connectivity index (χ4v) is 2.19. The number of nitrogens with one attached hydrogen (secondary N) is 1. The molecule has 0 bridgehead atoms. The van der Waals surface area contributed by atoms with E-state index in [1.165, 1.54) is 0 Å². The third kappa shape index (κ3) is 2.33. The first kappa shape index (κ1) is 12.9. The van der Waals surface area contributed by atoms with Gasteiger partial charge in [-0.3, -0.25) is 4.79 Å². The van der Waals surface area contributed by atoms with Gasteiger partial charge in [-0.1, -0.05) is 17.7 Å². The molecule has 0 radical (unpaired) electrons. The highest BCUT2D eigenvalue weighted by molar-refractivity contribution is 9.10. The molecule has 0 aliphatic heterocycles. The van der Waals surface area contributed by atoms with Gasteiger partial charge in [-0.05, 0) is 46.6 Å². The van der Waals surface area contributed by atoms with E-state index in [1.807, 2.05) is 6.07 Å². The molecule has 0 atom stereocenters. The molecule has 0 saturated carbocycles. The summed E-state index contributed by atoms with van der Waals surface area (Å²) in [5.41, 5.74) is 1.82. The van der Waals surface area contributed by atoms with Crippen LogP contribution in [0.15, 0.2) is 33.5 Å². The molecular weight excluding hydrogens is 316 g/mol. The van der Waals surface area contributed by atoms with Crippen molar-refractivity contribution in [2.24, 2.45) is 0 Å². The Morgan fingerprint density at radius 3 is 2.72 bits per heavy atom. The van der Waals surface area contributed by atoms with Crippen LogP contribution in [-0.4, -0.2) is 4.98 Å². The lowest BCUT2D eigenvalue weighted by molar-refractivity contribution is 1.13. The van der Waals surface area contributed by atoms with Crippen molar-refractivity contribution >= 4 is 27.5 Å². The standard InChI is InChI=1S/C13H8BrClN2O/c1-7-4-9(10(6-16)13(18)17-7)8-2-3-12(15)11(14)5-8/h2-5H,1H3,(H,17,18). The van der Waals surface area contributed by atoms with Crippen LogP contribution in [0.2, 0.25) is 5.02 Å². The highest BCUT2D eigenvalue weighted by atomic mass is 79.9. The van der Waals surface area contributed by atoms with E-state index in [1.54, 1.807) is 31.2 Å². The number of aromatic amines is 1. The van der Waals surface area contributed by atoms with Crippen LogP contribution < -0.4 is 5.56 Å². The van der Waals surface area contributed by atoms with Crippen LogP contribution in [0, 0.1) is 18.3 Å². The number of nitrogens with zero attached hydrogens (tertiary/aromatic N) is 1. The topological polar surface area (TPSA) is 56.6 Å². The number of nitriles is 1. The van der Waals surface area contributed by atoms with E-state index in [9.17, 15) is 4.79 Å². The second-order valence-electron chi connectivity index (χ2n) is 3.81. The zero-order valence-corrected chi connectivity index (χ0v) is 11.8. The van der Waals surface area contributed by atoms with E-state index in [0.717, 1.165) is 10.0 Å². The van der Waals surface area contributed by atoms with E-state index in [0.29, 0.717) is 16.3 Å². The Labute approximate surface area is 117 Å². The second-order valence-corrected chi connectivity index (χ2v) is 5.07. The lowest BCUT2D eigenvalue weighted by Gasteiger charge is -2.06. The number of H-pyrrole nitrogens is 1. The van der Waals surface area contributed by atoms with Crippen LogP contribution in [0.25, 0.3) is 11.1 Å². The minimum Gasteiger partial charge on any atom is -0.325 e. The first-order valence-corrected chi connectivity index (χ1v) is 6.29. The zero-order valence-electron chi connectivity index (χ0n) is 9.42. The fourth-order valence-electron chi connectivity index (χ4n) is 1.69. The molecule has 0 aliphatic rings. The lowest BCUT2D eigenvalue weighted by Crippen LogP contribution is -2.12. The first-order valence-electron chi connectivity index (χ1n) is 5.12. The van der Waals surface area contributed by atoms with Crippen molar-refractivity contribution in [2.75, 3.05) is 0 Å². The maximum Gasteiger partial charge on any atom is 0.266 e. The molecule has 90 valence electrons. The third-order valence-electron chi connectivity index (χ3n) is 2.51. The molecule has 2 aromatic rings. The van der Waals surface area contributed by atoms with Gasteiger partial charge in [-0.15, -0.1) is 0 Å². The minimum absolute atomic E-state index is 0.106. The lowest BCUT2D eigenvalue weighted by atomic mass is 10.0. The summed E-state index contributed by atoms with van der Waals surface area (Å²) in [7, 11) is 0. The Morgan fingerprint density at radius 1 is 1.39 bits per heavy atom. The molecule has 1 heterocycles. The average Bonchev–Trinajstić information content (AvgIpc) is 2.32. The van der Waals surface area contributed by atoms with E-state index in [2.05, 4.69) is 20.9 Å². The van der Waals surface area contributed by atoms with Crippen molar-refractivity contribution in [2.45, 2.75) is 6.92 Å². The maximum atomic E-state index is 11.7. The minimum atomic E-state index is -0.376. The SMILES string of the molecule is Cc1cc(-c2ccc(Cl)c(Br)c2)c(C#N)c(=O)[nH]1. The molecule has 0 amide bonds. The van der Waals surface area contributed by atoms with Crippen LogP contribution in [0.1, 0.15) is 11.3 Å². The molecule has 0 unspecified atom stereocenters. The molecule has 1 N–H and O–H groups in total. The Hall–Kier alpha value is -1.57. The summed E-state index contributed by atoms with van der Waals surface area (Å²) in [5.74, 6) is 0. The molecular formula is C13H8BrClN2O. The summed E-state index contributed by atoms with van der Waals surface area (Å²) in [6.07, 6.45) is 0. The Morgan fingerprint density at radius 2 is 2.11 bits per heavy atom. The highest BCUT2D eigenvalue weighted by Gasteiger charge is 2.11. The van der Waals surface area contributed by atoms with Crippen molar-refractivity contribution in [3.05, 3.63) is 55.4 Å². The van der Waals surface area contributed by atoms with Gasteiger partial charge in [0.25, 0.3) is 5.56 Å². The normalized spacial score (nSPS) is 10.1. The van der Waals surface area contributed by atoms with Crippen LogP contribution >= 0.6 is 27.5 Å². The first-order chi connectivity index (χ1) is 8.52. The van der Waals surface area contributed by atoms with E-state index >= 15 is 0 Å². The van der Waals surface area contributed by atoms with Crippen LogP contribution in [0.5, 0.6) is 0 Å². The molecule has 0 saturated heterocycles. The molecule has 0 fully saturated rings. The molecule has 1 aromatic carbocycles. The van der Waals surface area contributed by atoms with Crippen molar-refractivity contribution in [1.82, 2.24) is 4.98 Å². The molecule has 3 nitrogen and oxygen atoms in total. The van der Waals surface area contributed by atoms with Gasteiger partial charge in [0.2, 0.25) is 0 Å². The van der Waals surface area contributed by atoms with Crippen molar-refractivity contribution in [1.29, 1.82) is 5.26 Å². The predicted molar refractivity (Wildman–Crippen MR) is 74.7 cm³/mol. The van der Waals surface area contributed by atoms with E-state index in [4.69, 9.17) is 16.9 Å². The van der Waals surface area contributed by atoms with Gasteiger partial charge in [0.05, 0.1) is 5.02 Å². The van der Waals surface area contributed by atoms with Crippen LogP contribution in [0.4, 0.5) is 0 Å². The molecule has 0 spiro atoms. The van der Waals surface area contributed by atoms with Crippen LogP contribution in [-0.2, 0) is 0 Å². The second kappa shape index (κ2) is 4.97. The Kier molecular flexibility index (Phi) is 3.55. The number of hydrogen-bond acceptors (Lipinski definition) is 2. The van der Waals surface area contributed by atoms with E-state index < -0.39 is 0 Å². The molecule has 0 aliphatic carbocycles. The van der Waals surface area contributed by atoms with Gasteiger partial charge in [-0.2, -0.15) is 5.26 Å². The fraction of sp³-hybridized carbons (Fsp3) is 0.0769. The van der Waals surface area contributed by atoms with Gasteiger partial charge in [0.15, 0.2) is 0 Å². The number of pyridine rings is 1. The van der Waals surface area contributed by atoms with Gasteiger partial charge < -0.3 is 4.98 Å². The summed E-state index contributed by atoms with van der Waals surface area (Å²) in [6, 6.07) is 8.99. The number of rotatable bonds is 1. The van der Waals surface area contributed by atoms with E-state index in [-0.39, 0.29) is 11.1 Å². The summed E-state index contributed by atoms with van der Waals surface area (Å²) < 4.78 is 0.725. The number of halogens is 2. The Balaban J connectivity index is 2.75. The van der Waals surface area contributed by atoms with Crippen molar-refractivity contribution in [3.8, 4) is 17.2 Å². The highest BCUT2D eigenvalue weighted by Crippen LogP contribution is 2.29. The summed E-state index contributed by atoms with van der Waals surface area (Å²) in [6.45, 7) is 1.77. The summed E-state index contributed by atoms with van der Waals surface area (Å²) in [5, 5.41) is 9.65. The summed E-state index contributed by atoms with van der Waals surface area (Å²) >= 11 is 9.25. The number of hydrogen-bond donors (Lipinski definition) is 1. The smallest absolute Gasteiger partial charge is 0.266 e. The van der Waals surface area contributed by atoms with Crippen molar-refractivity contribution < 1.29 is 0 Å². The average molecular weight is 324 g/mol. The zero-order chi connectivity index (χ0) is 13.3. The monoisotopic (exact) mass is 322 g/mol. The number of benzene rings is 1. The number of aromatic nitrogens is 1. The van der Waals surface area contributed by atoms with Gasteiger partial charge >= 0.3 is 0 Å². The van der Waals surface area contributed by atoms with Gasteiger partial charge in [0, 0.05) is 15.7 Å². The maximum absolute atomic E-state index is 11.7. The van der Waals surface area contributed by atoms with Gasteiger partial charge in [-0.25, -0.2) is 0 Å². The molecule has 2 rings (SSSR count). The number of aryl methyl sites for hydroxylation is 1. The molecule has 1 aromatic heterocycles. The third-order valence-corrected chi connectivity index (χ3v) is 3.72. The predicted octanol–water partition coefficient (Wildman–Crippen LogP) is 3.64. The van der Waals surface area contributed by atoms with Crippen LogP contribution in [0.3, 0.4) is 0 Å². The molecule has 5 heteroatoms. The quantitative estimate of drug-likeness (QED) is 0.871. The Bertz CT molecular complexity index is 716. The summed E-state index contributed by atoms with van der Waals surface area (Å²) in [4.78, 5) is 14.3.